The number of rotatable bonds is 1. The Morgan fingerprint density at radius 2 is 1.91 bits per heavy atom. The highest BCUT2D eigenvalue weighted by atomic mass is 31.1. The summed E-state index contributed by atoms with van der Waals surface area (Å²) in [6.07, 6.45) is 0. The lowest BCUT2D eigenvalue weighted by Gasteiger charge is -1.91. The molecule has 58 valence electrons. The van der Waals surface area contributed by atoms with Gasteiger partial charge in [-0.3, -0.25) is 0 Å². The van der Waals surface area contributed by atoms with Crippen LogP contribution in [0.5, 0.6) is 11.5 Å². The standard InChI is InChI=1S/C6H5O4P/c7-4-1-2-5(8)6(3-4)11(9)10/h1-3H,(H2-,7,8,9,10)/p+1. The molecule has 0 saturated heterocycles. The highest BCUT2D eigenvalue weighted by molar-refractivity contribution is 7.47. The van der Waals surface area contributed by atoms with Crippen molar-refractivity contribution in [1.29, 1.82) is 0 Å². The zero-order chi connectivity index (χ0) is 8.43. The zero-order valence-electron chi connectivity index (χ0n) is 5.43. The van der Waals surface area contributed by atoms with Crippen LogP contribution in [-0.4, -0.2) is 15.1 Å². The summed E-state index contributed by atoms with van der Waals surface area (Å²) < 4.78 is 10.5. The van der Waals surface area contributed by atoms with Crippen LogP contribution in [0.2, 0.25) is 0 Å². The van der Waals surface area contributed by atoms with Gasteiger partial charge >= 0.3 is 8.03 Å². The van der Waals surface area contributed by atoms with Crippen LogP contribution >= 0.6 is 8.03 Å². The van der Waals surface area contributed by atoms with Gasteiger partial charge in [0, 0.05) is 6.07 Å². The monoisotopic (exact) mass is 173 g/mol. The van der Waals surface area contributed by atoms with Gasteiger partial charge in [0.2, 0.25) is 0 Å². The van der Waals surface area contributed by atoms with Crippen molar-refractivity contribution >= 4 is 13.3 Å². The molecule has 0 radical (unpaired) electrons. The van der Waals surface area contributed by atoms with E-state index >= 15 is 0 Å². The van der Waals surface area contributed by atoms with E-state index in [9.17, 15) is 4.57 Å². The second-order valence-corrected chi connectivity index (χ2v) is 2.97. The summed E-state index contributed by atoms with van der Waals surface area (Å²) >= 11 is 0. The van der Waals surface area contributed by atoms with Crippen molar-refractivity contribution in [3.8, 4) is 11.5 Å². The number of hydrogen-bond acceptors (Lipinski definition) is 3. The lowest BCUT2D eigenvalue weighted by atomic mass is 10.3. The number of phenols is 2. The lowest BCUT2D eigenvalue weighted by Crippen LogP contribution is -1.95. The maximum atomic E-state index is 10.5. The maximum absolute atomic E-state index is 10.5. The largest absolute Gasteiger partial charge is 0.550 e. The van der Waals surface area contributed by atoms with E-state index in [0.29, 0.717) is 0 Å². The van der Waals surface area contributed by atoms with E-state index in [1.54, 1.807) is 0 Å². The predicted molar refractivity (Wildman–Crippen MR) is 39.2 cm³/mol. The first-order valence-corrected chi connectivity index (χ1v) is 4.00. The molecular weight excluding hydrogens is 167 g/mol. The fourth-order valence-corrected chi connectivity index (χ4v) is 1.18. The minimum absolute atomic E-state index is 0.143. The van der Waals surface area contributed by atoms with E-state index in [0.717, 1.165) is 12.1 Å². The first-order chi connectivity index (χ1) is 5.11. The summed E-state index contributed by atoms with van der Waals surface area (Å²) in [4.78, 5) is 8.57. The van der Waals surface area contributed by atoms with Gasteiger partial charge in [0.25, 0.3) is 5.30 Å². The van der Waals surface area contributed by atoms with Gasteiger partial charge in [0.05, 0.1) is 0 Å². The molecule has 0 saturated carbocycles. The molecule has 0 aromatic heterocycles. The van der Waals surface area contributed by atoms with E-state index in [4.69, 9.17) is 15.1 Å². The molecule has 0 amide bonds. The molecule has 0 spiro atoms. The van der Waals surface area contributed by atoms with Gasteiger partial charge in [-0.05, 0) is 16.7 Å². The van der Waals surface area contributed by atoms with Gasteiger partial charge in [0.15, 0.2) is 5.75 Å². The van der Waals surface area contributed by atoms with E-state index in [2.05, 4.69) is 0 Å². The van der Waals surface area contributed by atoms with Crippen molar-refractivity contribution in [3.05, 3.63) is 18.2 Å². The maximum Gasteiger partial charge on any atom is 0.550 e. The highest BCUT2D eigenvalue weighted by Crippen LogP contribution is 2.23. The van der Waals surface area contributed by atoms with E-state index in [-0.39, 0.29) is 16.8 Å². The average Bonchev–Trinajstić information content (AvgIpc) is 1.94. The number of hydrogen-bond donors (Lipinski definition) is 3. The highest BCUT2D eigenvalue weighted by Gasteiger charge is 2.21. The Balaban J connectivity index is 3.23. The van der Waals surface area contributed by atoms with E-state index in [1.165, 1.54) is 6.07 Å². The van der Waals surface area contributed by atoms with Gasteiger partial charge in [0.1, 0.15) is 5.75 Å². The van der Waals surface area contributed by atoms with Crippen molar-refractivity contribution in [3.63, 3.8) is 0 Å². The van der Waals surface area contributed by atoms with Crippen molar-refractivity contribution in [2.24, 2.45) is 0 Å². The minimum Gasteiger partial charge on any atom is -0.508 e. The summed E-state index contributed by atoms with van der Waals surface area (Å²) in [6.45, 7) is 0. The molecule has 0 aliphatic heterocycles. The second-order valence-electron chi connectivity index (χ2n) is 1.95. The Kier molecular flexibility index (Phi) is 2.08. The lowest BCUT2D eigenvalue weighted by molar-refractivity contribution is 0.460. The molecule has 0 bridgehead atoms. The first kappa shape index (κ1) is 7.98. The average molecular weight is 173 g/mol. The molecule has 1 aromatic rings. The van der Waals surface area contributed by atoms with Crippen LogP contribution in [0, 0.1) is 0 Å². The Morgan fingerprint density at radius 1 is 1.27 bits per heavy atom. The van der Waals surface area contributed by atoms with Crippen LogP contribution in [0.4, 0.5) is 0 Å². The molecule has 1 unspecified atom stereocenters. The third-order valence-electron chi connectivity index (χ3n) is 1.17. The van der Waals surface area contributed by atoms with Gasteiger partial charge in [-0.2, -0.15) is 4.89 Å². The summed E-state index contributed by atoms with van der Waals surface area (Å²) in [5, 5.41) is 17.6. The fraction of sp³-hybridized carbons (Fsp3) is 0. The van der Waals surface area contributed by atoms with Gasteiger partial charge < -0.3 is 10.2 Å². The van der Waals surface area contributed by atoms with E-state index in [1.807, 2.05) is 0 Å². The molecule has 0 fully saturated rings. The summed E-state index contributed by atoms with van der Waals surface area (Å²) in [7, 11) is -2.59. The van der Waals surface area contributed by atoms with E-state index < -0.39 is 8.03 Å². The van der Waals surface area contributed by atoms with Crippen molar-refractivity contribution in [2.75, 3.05) is 0 Å². The fourth-order valence-electron chi connectivity index (χ4n) is 0.665. The smallest absolute Gasteiger partial charge is 0.508 e. The predicted octanol–water partition coefficient (Wildman–Crippen LogP) is 0.458. The molecule has 11 heavy (non-hydrogen) atoms. The third kappa shape index (κ3) is 1.67. The minimum atomic E-state index is -2.59. The topological polar surface area (TPSA) is 77.8 Å². The SMILES string of the molecule is O=[P+](O)c1cc(O)ccc1O. The summed E-state index contributed by atoms with van der Waals surface area (Å²) in [5.74, 6) is -0.429. The normalized spacial score (nSPS) is 11.2. The number of aromatic hydroxyl groups is 2. The molecular formula is C6H6O4P+. The van der Waals surface area contributed by atoms with Gasteiger partial charge in [-0.15, -0.1) is 0 Å². The van der Waals surface area contributed by atoms with Crippen LogP contribution in [0.25, 0.3) is 0 Å². The number of benzene rings is 1. The Morgan fingerprint density at radius 3 is 2.36 bits per heavy atom. The molecule has 0 heterocycles. The van der Waals surface area contributed by atoms with Gasteiger partial charge in [-0.1, -0.05) is 0 Å². The third-order valence-corrected chi connectivity index (χ3v) is 1.94. The first-order valence-electron chi connectivity index (χ1n) is 2.79. The van der Waals surface area contributed by atoms with Crippen molar-refractivity contribution in [1.82, 2.24) is 0 Å². The zero-order valence-corrected chi connectivity index (χ0v) is 6.32. The van der Waals surface area contributed by atoms with Crippen molar-refractivity contribution in [2.45, 2.75) is 0 Å². The molecule has 1 aromatic carbocycles. The molecule has 0 aliphatic carbocycles. The van der Waals surface area contributed by atoms with Crippen molar-refractivity contribution < 1.29 is 19.7 Å². The van der Waals surface area contributed by atoms with Crippen LogP contribution in [0.15, 0.2) is 18.2 Å². The molecule has 1 atom stereocenters. The van der Waals surface area contributed by atoms with Crippen LogP contribution in [0.1, 0.15) is 0 Å². The molecule has 1 rings (SSSR count). The summed E-state index contributed by atoms with van der Waals surface area (Å²) in [6, 6.07) is 3.44. The summed E-state index contributed by atoms with van der Waals surface area (Å²) in [5.41, 5.74) is 0. The molecule has 5 heteroatoms. The Labute approximate surface area is 63.6 Å². The molecule has 0 aliphatic rings. The van der Waals surface area contributed by atoms with Gasteiger partial charge in [-0.25, -0.2) is 0 Å². The van der Waals surface area contributed by atoms with Crippen LogP contribution in [0.3, 0.4) is 0 Å². The van der Waals surface area contributed by atoms with Crippen LogP contribution < -0.4 is 5.30 Å². The Hall–Kier alpha value is -1.12. The Bertz CT molecular complexity index is 297. The molecule has 4 nitrogen and oxygen atoms in total. The second kappa shape index (κ2) is 2.86. The quantitative estimate of drug-likeness (QED) is 0.425. The number of phenolic OH excluding ortho intramolecular Hbond substituents is 2. The molecule has 3 N–H and O–H groups in total. The van der Waals surface area contributed by atoms with Crippen LogP contribution in [-0.2, 0) is 4.57 Å².